The van der Waals surface area contributed by atoms with Crippen LogP contribution in [0.2, 0.25) is 0 Å². The number of halogens is 3. The van der Waals surface area contributed by atoms with E-state index in [0.717, 1.165) is 22.5 Å². The zero-order chi connectivity index (χ0) is 19.4. The van der Waals surface area contributed by atoms with Gasteiger partial charge in [0.1, 0.15) is 18.0 Å². The first-order valence-electron chi connectivity index (χ1n) is 7.90. The lowest BCUT2D eigenvalue weighted by molar-refractivity contribution is -0.141. The van der Waals surface area contributed by atoms with Crippen molar-refractivity contribution < 1.29 is 22.7 Å². The second kappa shape index (κ2) is 7.48. The van der Waals surface area contributed by atoms with E-state index >= 15 is 0 Å². The van der Waals surface area contributed by atoms with Crippen molar-refractivity contribution in [1.29, 1.82) is 0 Å². The van der Waals surface area contributed by atoms with E-state index in [1.165, 1.54) is 0 Å². The highest BCUT2D eigenvalue weighted by Crippen LogP contribution is 2.28. The van der Waals surface area contributed by atoms with Gasteiger partial charge in [-0.15, -0.1) is 0 Å². The lowest BCUT2D eigenvalue weighted by Crippen LogP contribution is -2.19. The van der Waals surface area contributed by atoms with Crippen LogP contribution in [0.25, 0.3) is 0 Å². The minimum Gasteiger partial charge on any atom is -0.455 e. The van der Waals surface area contributed by atoms with Gasteiger partial charge in [-0.25, -0.2) is 0 Å². The van der Waals surface area contributed by atoms with Crippen LogP contribution in [0.4, 0.5) is 18.9 Å². The number of alkyl halides is 3. The van der Waals surface area contributed by atoms with E-state index in [9.17, 15) is 18.0 Å². The monoisotopic (exact) mass is 376 g/mol. The fraction of sp³-hybridized carbons (Fsp3) is 0.167. The number of carbonyl (C=O) groups excluding carboxylic acids is 1. The molecule has 3 aromatic rings. The first-order chi connectivity index (χ1) is 12.8. The Morgan fingerprint density at radius 2 is 2.07 bits per heavy atom. The maximum absolute atomic E-state index is 12.5. The number of aromatic nitrogens is 3. The molecule has 0 aliphatic rings. The molecule has 0 aliphatic carbocycles. The van der Waals surface area contributed by atoms with Crippen LogP contribution in [0.5, 0.6) is 11.5 Å². The molecule has 0 saturated heterocycles. The van der Waals surface area contributed by atoms with Crippen molar-refractivity contribution in [1.82, 2.24) is 14.8 Å². The predicted octanol–water partition coefficient (Wildman–Crippen LogP) is 4.04. The summed E-state index contributed by atoms with van der Waals surface area (Å²) in [6.45, 7) is 1.48. The van der Waals surface area contributed by atoms with Crippen LogP contribution in [-0.2, 0) is 17.5 Å². The van der Waals surface area contributed by atoms with E-state index in [-0.39, 0.29) is 6.54 Å². The number of hydrogen-bond donors (Lipinski definition) is 1. The van der Waals surface area contributed by atoms with Gasteiger partial charge in [-0.2, -0.15) is 18.3 Å². The minimum atomic E-state index is -4.54. The second-order valence-corrected chi connectivity index (χ2v) is 5.72. The third kappa shape index (κ3) is 4.84. The molecule has 27 heavy (non-hydrogen) atoms. The molecule has 6 nitrogen and oxygen atoms in total. The highest BCUT2D eigenvalue weighted by atomic mass is 19.4. The number of amides is 1. The molecule has 0 fully saturated rings. The van der Waals surface area contributed by atoms with Crippen molar-refractivity contribution in [2.24, 2.45) is 0 Å². The molecule has 2 aromatic heterocycles. The summed E-state index contributed by atoms with van der Waals surface area (Å²) in [4.78, 5) is 16.0. The Morgan fingerprint density at radius 1 is 1.26 bits per heavy atom. The van der Waals surface area contributed by atoms with Crippen molar-refractivity contribution in [3.63, 3.8) is 0 Å². The zero-order valence-electron chi connectivity index (χ0n) is 14.2. The fourth-order valence-corrected chi connectivity index (χ4v) is 2.32. The molecule has 3 rings (SSSR count). The second-order valence-electron chi connectivity index (χ2n) is 5.72. The summed E-state index contributed by atoms with van der Waals surface area (Å²) in [6, 6.07) is 9.37. The SMILES string of the molecule is Cc1cc(NC(=O)Cn2ccc(C(F)(F)F)n2)ccc1Oc1cccnc1. The van der Waals surface area contributed by atoms with Gasteiger partial charge < -0.3 is 10.1 Å². The molecule has 0 unspecified atom stereocenters. The quantitative estimate of drug-likeness (QED) is 0.730. The summed E-state index contributed by atoms with van der Waals surface area (Å²) in [6.07, 6.45) is -0.217. The summed E-state index contributed by atoms with van der Waals surface area (Å²) in [5.74, 6) is 0.687. The average Bonchev–Trinajstić information content (AvgIpc) is 3.07. The molecule has 0 saturated carbocycles. The average molecular weight is 376 g/mol. The molecule has 1 amide bonds. The van der Waals surface area contributed by atoms with E-state index in [1.807, 2.05) is 6.92 Å². The first kappa shape index (κ1) is 18.4. The van der Waals surface area contributed by atoms with Gasteiger partial charge in [0.15, 0.2) is 5.69 Å². The van der Waals surface area contributed by atoms with Gasteiger partial charge in [0.05, 0.1) is 6.20 Å². The molecule has 0 bridgehead atoms. The van der Waals surface area contributed by atoms with Gasteiger partial charge >= 0.3 is 6.18 Å². The number of hydrogen-bond acceptors (Lipinski definition) is 4. The third-order valence-electron chi connectivity index (χ3n) is 3.56. The molecule has 0 aliphatic heterocycles. The van der Waals surface area contributed by atoms with Crippen LogP contribution in [0.1, 0.15) is 11.3 Å². The number of rotatable bonds is 5. The standard InChI is InChI=1S/C18H15F3N4O2/c1-12-9-13(4-5-15(12)27-14-3-2-7-22-10-14)23-17(26)11-25-8-6-16(24-25)18(19,20)21/h2-10H,11H2,1H3,(H,23,26). The highest BCUT2D eigenvalue weighted by molar-refractivity contribution is 5.90. The number of carbonyl (C=O) groups is 1. The molecule has 1 aromatic carbocycles. The van der Waals surface area contributed by atoms with Crippen molar-refractivity contribution in [2.45, 2.75) is 19.6 Å². The van der Waals surface area contributed by atoms with Crippen LogP contribution in [0.15, 0.2) is 55.0 Å². The van der Waals surface area contributed by atoms with Gasteiger partial charge in [-0.1, -0.05) is 0 Å². The summed E-state index contributed by atoms with van der Waals surface area (Å²) >= 11 is 0. The summed E-state index contributed by atoms with van der Waals surface area (Å²) in [5, 5.41) is 5.97. The van der Waals surface area contributed by atoms with Crippen LogP contribution < -0.4 is 10.1 Å². The first-order valence-corrected chi connectivity index (χ1v) is 7.90. The number of benzene rings is 1. The van der Waals surface area contributed by atoms with E-state index in [1.54, 1.807) is 42.7 Å². The predicted molar refractivity (Wildman–Crippen MR) is 91.3 cm³/mol. The summed E-state index contributed by atoms with van der Waals surface area (Å²) < 4.78 is 44.2. The van der Waals surface area contributed by atoms with Crippen LogP contribution >= 0.6 is 0 Å². The van der Waals surface area contributed by atoms with Crippen molar-refractivity contribution >= 4 is 11.6 Å². The number of anilines is 1. The van der Waals surface area contributed by atoms with E-state index in [2.05, 4.69) is 15.4 Å². The lowest BCUT2D eigenvalue weighted by atomic mass is 10.2. The molecule has 0 atom stereocenters. The molecule has 140 valence electrons. The molecule has 1 N–H and O–H groups in total. The Kier molecular flexibility index (Phi) is 5.11. The summed E-state index contributed by atoms with van der Waals surface area (Å²) in [7, 11) is 0. The van der Waals surface area contributed by atoms with E-state index in [4.69, 9.17) is 4.74 Å². The normalized spacial score (nSPS) is 11.3. The van der Waals surface area contributed by atoms with Gasteiger partial charge in [-0.05, 0) is 48.9 Å². The van der Waals surface area contributed by atoms with Crippen molar-refractivity contribution in [3.8, 4) is 11.5 Å². The Hall–Kier alpha value is -3.36. The van der Waals surface area contributed by atoms with Gasteiger partial charge in [0, 0.05) is 18.1 Å². The van der Waals surface area contributed by atoms with Crippen LogP contribution in [-0.4, -0.2) is 20.7 Å². The Morgan fingerprint density at radius 3 is 2.70 bits per heavy atom. The number of pyridine rings is 1. The van der Waals surface area contributed by atoms with E-state index in [0.29, 0.717) is 17.2 Å². The van der Waals surface area contributed by atoms with Gasteiger partial charge in [0.2, 0.25) is 5.91 Å². The largest absolute Gasteiger partial charge is 0.455 e. The molecular formula is C18H15F3N4O2. The highest BCUT2D eigenvalue weighted by Gasteiger charge is 2.33. The molecular weight excluding hydrogens is 361 g/mol. The maximum atomic E-state index is 12.5. The van der Waals surface area contributed by atoms with Gasteiger partial charge in [-0.3, -0.25) is 14.5 Å². The van der Waals surface area contributed by atoms with E-state index < -0.39 is 17.8 Å². The number of aryl methyl sites for hydroxylation is 1. The fourth-order valence-electron chi connectivity index (χ4n) is 2.32. The van der Waals surface area contributed by atoms with Crippen LogP contribution in [0, 0.1) is 6.92 Å². The molecule has 0 radical (unpaired) electrons. The number of ether oxygens (including phenoxy) is 1. The molecule has 0 spiro atoms. The summed E-state index contributed by atoms with van der Waals surface area (Å²) in [5.41, 5.74) is 0.234. The van der Waals surface area contributed by atoms with Crippen LogP contribution in [0.3, 0.4) is 0 Å². The smallest absolute Gasteiger partial charge is 0.435 e. The molecule has 2 heterocycles. The number of nitrogens with one attached hydrogen (secondary N) is 1. The third-order valence-corrected chi connectivity index (χ3v) is 3.56. The lowest BCUT2D eigenvalue weighted by Gasteiger charge is -2.11. The zero-order valence-corrected chi connectivity index (χ0v) is 14.2. The topological polar surface area (TPSA) is 69.0 Å². The Bertz CT molecular complexity index is 939. The maximum Gasteiger partial charge on any atom is 0.435 e. The van der Waals surface area contributed by atoms with Gasteiger partial charge in [0.25, 0.3) is 0 Å². The van der Waals surface area contributed by atoms with Crippen molar-refractivity contribution in [3.05, 3.63) is 66.2 Å². The molecule has 9 heteroatoms. The minimum absolute atomic E-state index is 0.330. The Labute approximate surface area is 152 Å². The number of nitrogens with zero attached hydrogens (tertiary/aromatic N) is 3. The van der Waals surface area contributed by atoms with Crippen molar-refractivity contribution in [2.75, 3.05) is 5.32 Å². The Balaban J connectivity index is 1.63.